The molecule has 1 aliphatic rings. The number of aromatic carboxylic acids is 1. The molecule has 2 aromatic rings. The number of aliphatic hydroxyl groups is 1. The van der Waals surface area contributed by atoms with Gasteiger partial charge in [0.05, 0.1) is 7.11 Å². The van der Waals surface area contributed by atoms with E-state index in [2.05, 4.69) is 5.16 Å². The summed E-state index contributed by atoms with van der Waals surface area (Å²) in [4.78, 5) is 13.7. The minimum atomic E-state index is -1.08. The van der Waals surface area contributed by atoms with Gasteiger partial charge in [-0.05, 0) is 43.0 Å². The number of anilines is 1. The third kappa shape index (κ3) is 3.07. The maximum Gasteiger partial charge on any atom is 0.343 e. The summed E-state index contributed by atoms with van der Waals surface area (Å²) >= 11 is 0. The third-order valence-corrected chi connectivity index (χ3v) is 4.32. The second-order valence-corrected chi connectivity index (χ2v) is 5.88. The van der Waals surface area contributed by atoms with Crippen molar-refractivity contribution in [3.05, 3.63) is 29.8 Å². The highest BCUT2D eigenvalue weighted by Gasteiger charge is 2.30. The molecule has 1 aliphatic heterocycles. The predicted molar refractivity (Wildman–Crippen MR) is 87.5 cm³/mol. The smallest absolute Gasteiger partial charge is 0.343 e. The zero-order valence-corrected chi connectivity index (χ0v) is 13.4. The van der Waals surface area contributed by atoms with E-state index in [0.29, 0.717) is 30.2 Å². The summed E-state index contributed by atoms with van der Waals surface area (Å²) in [5, 5.41) is 23.0. The van der Waals surface area contributed by atoms with Gasteiger partial charge in [0, 0.05) is 25.3 Å². The summed E-state index contributed by atoms with van der Waals surface area (Å²) in [7, 11) is 1.57. The Morgan fingerprint density at radius 3 is 2.79 bits per heavy atom. The van der Waals surface area contributed by atoms with Crippen LogP contribution < -0.4 is 9.64 Å². The van der Waals surface area contributed by atoms with Crippen molar-refractivity contribution in [2.45, 2.75) is 12.8 Å². The van der Waals surface area contributed by atoms with Crippen LogP contribution in [0.2, 0.25) is 0 Å². The van der Waals surface area contributed by atoms with Crippen molar-refractivity contribution in [1.29, 1.82) is 0 Å². The Kier molecular flexibility index (Phi) is 4.71. The van der Waals surface area contributed by atoms with Crippen LogP contribution in [0.15, 0.2) is 28.8 Å². The highest BCUT2D eigenvalue weighted by Crippen LogP contribution is 2.34. The molecule has 0 radical (unpaired) electrons. The van der Waals surface area contributed by atoms with E-state index in [1.807, 2.05) is 4.90 Å². The zero-order chi connectivity index (χ0) is 17.1. The number of carboxylic acid groups (broad SMARTS) is 1. The Morgan fingerprint density at radius 2 is 2.17 bits per heavy atom. The van der Waals surface area contributed by atoms with Crippen molar-refractivity contribution in [3.63, 3.8) is 0 Å². The van der Waals surface area contributed by atoms with Gasteiger partial charge in [-0.15, -0.1) is 0 Å². The number of aliphatic hydroxyl groups excluding tert-OH is 1. The molecule has 128 valence electrons. The number of aromatic nitrogens is 1. The van der Waals surface area contributed by atoms with E-state index in [1.54, 1.807) is 31.4 Å². The van der Waals surface area contributed by atoms with Gasteiger partial charge in [-0.3, -0.25) is 0 Å². The molecule has 0 amide bonds. The van der Waals surface area contributed by atoms with Gasteiger partial charge in [-0.1, -0.05) is 5.16 Å². The van der Waals surface area contributed by atoms with Gasteiger partial charge in [0.15, 0.2) is 17.1 Å². The van der Waals surface area contributed by atoms with Crippen molar-refractivity contribution in [2.24, 2.45) is 5.92 Å². The molecule has 1 aromatic carbocycles. The first-order chi connectivity index (χ1) is 11.6. The molecular weight excluding hydrogens is 312 g/mol. The van der Waals surface area contributed by atoms with E-state index >= 15 is 0 Å². The van der Waals surface area contributed by atoms with E-state index in [-0.39, 0.29) is 23.8 Å². The molecule has 0 aliphatic carbocycles. The average Bonchev–Trinajstić information content (AvgIpc) is 3.07. The minimum Gasteiger partial charge on any atom is -0.497 e. The van der Waals surface area contributed by atoms with Gasteiger partial charge in [0.1, 0.15) is 5.75 Å². The second kappa shape index (κ2) is 6.92. The largest absolute Gasteiger partial charge is 0.497 e. The molecule has 2 N–H and O–H groups in total. The lowest BCUT2D eigenvalue weighted by Crippen LogP contribution is -2.37. The first-order valence-corrected chi connectivity index (χ1v) is 7.87. The molecule has 7 heteroatoms. The Morgan fingerprint density at radius 1 is 1.42 bits per heavy atom. The topological polar surface area (TPSA) is 96.0 Å². The van der Waals surface area contributed by atoms with E-state index in [0.717, 1.165) is 12.8 Å². The Hall–Kier alpha value is -2.54. The van der Waals surface area contributed by atoms with Gasteiger partial charge < -0.3 is 24.4 Å². The summed E-state index contributed by atoms with van der Waals surface area (Å²) in [6.45, 7) is 1.36. The molecule has 1 aromatic heterocycles. The highest BCUT2D eigenvalue weighted by molar-refractivity contribution is 5.99. The van der Waals surface area contributed by atoms with Crippen molar-refractivity contribution < 1.29 is 24.3 Å². The Bertz CT molecular complexity index is 710. The fraction of sp³-hybridized carbons (Fsp3) is 0.412. The zero-order valence-electron chi connectivity index (χ0n) is 13.4. The van der Waals surface area contributed by atoms with Crippen molar-refractivity contribution >= 4 is 11.8 Å². The van der Waals surface area contributed by atoms with E-state index in [4.69, 9.17) is 9.26 Å². The molecule has 1 saturated heterocycles. The number of methoxy groups -OCH3 is 1. The molecule has 0 saturated carbocycles. The number of ether oxygens (including phenoxy) is 1. The van der Waals surface area contributed by atoms with Crippen LogP contribution in [0.3, 0.4) is 0 Å². The van der Waals surface area contributed by atoms with Crippen molar-refractivity contribution in [1.82, 2.24) is 5.16 Å². The lowest BCUT2D eigenvalue weighted by atomic mass is 9.98. The van der Waals surface area contributed by atoms with Crippen LogP contribution >= 0.6 is 0 Å². The average molecular weight is 332 g/mol. The van der Waals surface area contributed by atoms with Gasteiger partial charge in [0.2, 0.25) is 0 Å². The molecular formula is C17H20N2O5. The molecule has 2 heterocycles. The highest BCUT2D eigenvalue weighted by atomic mass is 16.5. The molecule has 0 bridgehead atoms. The molecule has 0 spiro atoms. The molecule has 7 nitrogen and oxygen atoms in total. The van der Waals surface area contributed by atoms with Gasteiger partial charge in [-0.25, -0.2) is 4.79 Å². The summed E-state index contributed by atoms with van der Waals surface area (Å²) < 4.78 is 10.5. The monoisotopic (exact) mass is 332 g/mol. The number of hydrogen-bond acceptors (Lipinski definition) is 6. The van der Waals surface area contributed by atoms with Crippen LogP contribution in [-0.2, 0) is 0 Å². The summed E-state index contributed by atoms with van der Waals surface area (Å²) in [5.74, 6) is 0.277. The normalized spacial score (nSPS) is 17.8. The first-order valence-electron chi connectivity index (χ1n) is 7.87. The number of rotatable bonds is 5. The fourth-order valence-corrected chi connectivity index (χ4v) is 3.04. The number of nitrogens with zero attached hydrogens (tertiary/aromatic N) is 2. The third-order valence-electron chi connectivity index (χ3n) is 4.32. The van der Waals surface area contributed by atoms with Crippen LogP contribution in [-0.4, -0.2) is 48.1 Å². The summed E-state index contributed by atoms with van der Waals surface area (Å²) in [6, 6.07) is 6.96. The summed E-state index contributed by atoms with van der Waals surface area (Å²) in [6.07, 6.45) is 1.81. The Balaban J connectivity index is 1.96. The van der Waals surface area contributed by atoms with Crippen molar-refractivity contribution in [2.75, 3.05) is 31.7 Å². The second-order valence-electron chi connectivity index (χ2n) is 5.88. The van der Waals surface area contributed by atoms with Gasteiger partial charge >= 0.3 is 5.97 Å². The van der Waals surface area contributed by atoms with Crippen LogP contribution in [0.1, 0.15) is 23.2 Å². The number of carbonyl (C=O) groups is 1. The fourth-order valence-electron chi connectivity index (χ4n) is 3.04. The lowest BCUT2D eigenvalue weighted by Gasteiger charge is -2.31. The van der Waals surface area contributed by atoms with E-state index in [1.165, 1.54) is 0 Å². The minimum absolute atomic E-state index is 0.0544. The standard InChI is InChI=1S/C17H20N2O5/c1-23-13-6-4-12(5-7-13)15-14(17(21)22)16(18-24-15)19-8-2-3-11(9-19)10-20/h4-7,11,20H,2-3,8-10H2,1H3,(H,21,22). The lowest BCUT2D eigenvalue weighted by molar-refractivity contribution is 0.0697. The summed E-state index contributed by atoms with van der Waals surface area (Å²) in [5.41, 5.74) is 0.682. The van der Waals surface area contributed by atoms with Gasteiger partial charge in [-0.2, -0.15) is 0 Å². The van der Waals surface area contributed by atoms with Gasteiger partial charge in [0.25, 0.3) is 0 Å². The SMILES string of the molecule is COc1ccc(-c2onc(N3CCCC(CO)C3)c2C(=O)O)cc1. The van der Waals surface area contributed by atoms with Crippen LogP contribution in [0.4, 0.5) is 5.82 Å². The molecule has 1 atom stereocenters. The van der Waals surface area contributed by atoms with Crippen LogP contribution in [0, 0.1) is 5.92 Å². The number of benzene rings is 1. The molecule has 1 unspecified atom stereocenters. The molecule has 3 rings (SSSR count). The van der Waals surface area contributed by atoms with Crippen LogP contribution in [0.5, 0.6) is 5.75 Å². The maximum absolute atomic E-state index is 11.8. The predicted octanol–water partition coefficient (Wildman–Crippen LogP) is 2.26. The molecule has 24 heavy (non-hydrogen) atoms. The number of carboxylic acids is 1. The number of piperidine rings is 1. The van der Waals surface area contributed by atoms with E-state index < -0.39 is 5.97 Å². The van der Waals surface area contributed by atoms with Crippen molar-refractivity contribution in [3.8, 4) is 17.1 Å². The Labute approximate surface area is 139 Å². The quantitative estimate of drug-likeness (QED) is 0.867. The van der Waals surface area contributed by atoms with E-state index in [9.17, 15) is 15.0 Å². The maximum atomic E-state index is 11.8. The molecule has 1 fully saturated rings. The number of hydrogen-bond donors (Lipinski definition) is 2. The van der Waals surface area contributed by atoms with Crippen LogP contribution in [0.25, 0.3) is 11.3 Å². The first kappa shape index (κ1) is 16.3.